The Balaban J connectivity index is 1.91. The van der Waals surface area contributed by atoms with Gasteiger partial charge < -0.3 is 24.8 Å². The van der Waals surface area contributed by atoms with Gasteiger partial charge >= 0.3 is 11.9 Å². The number of hydrogen-bond acceptors (Lipinski definition) is 8. The van der Waals surface area contributed by atoms with Gasteiger partial charge in [-0.2, -0.15) is 0 Å². The maximum Gasteiger partial charge on any atom is 0.334 e. The van der Waals surface area contributed by atoms with Gasteiger partial charge in [0.1, 0.15) is 11.7 Å². The third-order valence-electron chi connectivity index (χ3n) is 9.75. The molecular weight excluding hydrogens is 476 g/mol. The van der Waals surface area contributed by atoms with Crippen LogP contribution in [0.4, 0.5) is 0 Å². The molecule has 1 spiro atoms. The Kier molecular flexibility index (Phi) is 6.66. The molecule has 2 unspecified atom stereocenters. The number of carbonyl (C=O) groups excluding carboxylic acids is 3. The minimum atomic E-state index is -2.25. The van der Waals surface area contributed by atoms with Crippen LogP contribution in [0.2, 0.25) is 0 Å². The summed E-state index contributed by atoms with van der Waals surface area (Å²) in [6.07, 6.45) is 2.97. The summed E-state index contributed by atoms with van der Waals surface area (Å²) in [5, 5.41) is 34.3. The van der Waals surface area contributed by atoms with E-state index in [2.05, 4.69) is 0 Å². The summed E-state index contributed by atoms with van der Waals surface area (Å²) in [6.45, 7) is 12.0. The van der Waals surface area contributed by atoms with E-state index in [1.165, 1.54) is 0 Å². The number of ketones is 1. The van der Waals surface area contributed by atoms with E-state index < -0.39 is 64.6 Å². The predicted molar refractivity (Wildman–Crippen MR) is 135 cm³/mol. The number of rotatable bonds is 6. The van der Waals surface area contributed by atoms with E-state index in [4.69, 9.17) is 9.47 Å². The van der Waals surface area contributed by atoms with Crippen LogP contribution < -0.4 is 0 Å². The van der Waals surface area contributed by atoms with Crippen molar-refractivity contribution in [2.75, 3.05) is 6.61 Å². The summed E-state index contributed by atoms with van der Waals surface area (Å²) in [4.78, 5) is 40.1. The van der Waals surface area contributed by atoms with E-state index in [0.717, 1.165) is 0 Å². The molecular formula is C29H40O8. The summed E-state index contributed by atoms with van der Waals surface area (Å²) in [6, 6.07) is 0. The van der Waals surface area contributed by atoms with Gasteiger partial charge in [0.2, 0.25) is 0 Å². The van der Waals surface area contributed by atoms with Gasteiger partial charge in [0.15, 0.2) is 17.5 Å². The molecule has 3 N–H and O–H groups in total. The van der Waals surface area contributed by atoms with E-state index in [1.807, 2.05) is 27.7 Å². The summed E-state index contributed by atoms with van der Waals surface area (Å²) in [7, 11) is 0. The third-order valence-corrected chi connectivity index (χ3v) is 9.75. The average molecular weight is 517 g/mol. The van der Waals surface area contributed by atoms with Gasteiger partial charge in [-0.25, -0.2) is 4.79 Å². The number of aliphatic hydroxyl groups excluding tert-OH is 2. The van der Waals surface area contributed by atoms with Gasteiger partial charge in [0.25, 0.3) is 0 Å². The second kappa shape index (κ2) is 8.89. The fourth-order valence-corrected chi connectivity index (χ4v) is 7.67. The number of esters is 2. The maximum atomic E-state index is 14.6. The monoisotopic (exact) mass is 516 g/mol. The molecule has 37 heavy (non-hydrogen) atoms. The molecule has 4 aliphatic carbocycles. The summed E-state index contributed by atoms with van der Waals surface area (Å²) < 4.78 is 11.9. The highest BCUT2D eigenvalue weighted by Crippen LogP contribution is 2.75. The summed E-state index contributed by atoms with van der Waals surface area (Å²) in [5.41, 5.74) is -4.51. The second-order valence-electron chi connectivity index (χ2n) is 12.0. The maximum absolute atomic E-state index is 14.6. The number of ether oxygens (including phenoxy) is 2. The molecule has 4 aliphatic rings. The molecule has 204 valence electrons. The normalized spacial score (nSPS) is 41.9. The first-order valence-corrected chi connectivity index (χ1v) is 13.2. The van der Waals surface area contributed by atoms with Crippen molar-refractivity contribution in [1.82, 2.24) is 0 Å². The molecule has 0 aromatic heterocycles. The lowest BCUT2D eigenvalue weighted by molar-refractivity contribution is -0.203. The van der Waals surface area contributed by atoms with Gasteiger partial charge in [-0.3, -0.25) is 9.59 Å². The highest BCUT2D eigenvalue weighted by atomic mass is 16.6. The molecule has 8 heteroatoms. The van der Waals surface area contributed by atoms with E-state index >= 15 is 0 Å². The topological polar surface area (TPSA) is 130 Å². The summed E-state index contributed by atoms with van der Waals surface area (Å²) in [5.74, 6) is -3.14. The van der Waals surface area contributed by atoms with Crippen molar-refractivity contribution >= 4 is 17.7 Å². The van der Waals surface area contributed by atoms with Gasteiger partial charge in [0, 0.05) is 29.2 Å². The van der Waals surface area contributed by atoms with Crippen LogP contribution in [0.1, 0.15) is 67.7 Å². The molecule has 0 amide bonds. The molecule has 0 aromatic carbocycles. The lowest BCUT2D eigenvalue weighted by atomic mass is 9.59. The molecule has 8 atom stereocenters. The molecule has 0 heterocycles. The average Bonchev–Trinajstić information content (AvgIpc) is 3.23. The standard InChI is InChI=1S/C29H40O8/c1-8-10-20(31)37-28-13-17(5)27-12-16(4)24(36-25(34)15(3)9-2)29(27,35)22(32)18(14-30)11-19(23(27)33)21(28)26(28,6)7/h9,11-12,17,19,21-22,24,30,32,35H,8,10,13-14H2,1-7H3/b15-9-/t17?,19-,21+,22+,24-,27?,28-,29-/m0/s1. The van der Waals surface area contributed by atoms with E-state index in [-0.39, 0.29) is 30.2 Å². The molecule has 2 saturated carbocycles. The van der Waals surface area contributed by atoms with Crippen LogP contribution in [-0.2, 0) is 23.9 Å². The Labute approximate surface area is 218 Å². The predicted octanol–water partition coefficient (Wildman–Crippen LogP) is 2.80. The molecule has 2 fully saturated rings. The van der Waals surface area contributed by atoms with Crippen LogP contribution in [0.25, 0.3) is 0 Å². The van der Waals surface area contributed by atoms with Gasteiger partial charge in [-0.05, 0) is 50.7 Å². The SMILES string of the molecule is C/C=C(/C)C(=O)O[C@H]1C(C)=CC23C(=O)[C@@H](C=C(CO)[C@@H](O)[C@]12O)[C@@H]1C(C)(C)[C@]1(OC(=O)CCC)CC3C. The van der Waals surface area contributed by atoms with Crippen LogP contribution in [-0.4, -0.2) is 63.1 Å². The largest absolute Gasteiger partial charge is 0.458 e. The number of aliphatic hydroxyl groups is 3. The Bertz CT molecular complexity index is 1110. The number of carbonyl (C=O) groups is 3. The number of hydrogen-bond donors (Lipinski definition) is 3. The van der Waals surface area contributed by atoms with Crippen molar-refractivity contribution in [3.63, 3.8) is 0 Å². The van der Waals surface area contributed by atoms with Crippen molar-refractivity contribution in [1.29, 1.82) is 0 Å². The van der Waals surface area contributed by atoms with Crippen molar-refractivity contribution in [3.8, 4) is 0 Å². The molecule has 0 aliphatic heterocycles. The van der Waals surface area contributed by atoms with Gasteiger partial charge in [0.05, 0.1) is 12.0 Å². The Hall–Kier alpha value is -2.29. The molecule has 0 saturated heterocycles. The van der Waals surface area contributed by atoms with Gasteiger partial charge in [-0.1, -0.05) is 45.9 Å². The second-order valence-corrected chi connectivity index (χ2v) is 12.0. The highest BCUT2D eigenvalue weighted by Gasteiger charge is 2.83. The van der Waals surface area contributed by atoms with E-state index in [1.54, 1.807) is 39.0 Å². The van der Waals surface area contributed by atoms with E-state index in [9.17, 15) is 29.7 Å². The van der Waals surface area contributed by atoms with Crippen molar-refractivity contribution in [3.05, 3.63) is 34.9 Å². The fourth-order valence-electron chi connectivity index (χ4n) is 7.67. The number of allylic oxidation sites excluding steroid dienone is 2. The van der Waals surface area contributed by atoms with Crippen LogP contribution in [0.5, 0.6) is 0 Å². The van der Waals surface area contributed by atoms with Crippen LogP contribution in [0.3, 0.4) is 0 Å². The Morgan fingerprint density at radius 3 is 2.49 bits per heavy atom. The lowest BCUT2D eigenvalue weighted by Gasteiger charge is -2.49. The van der Waals surface area contributed by atoms with Crippen molar-refractivity contribution in [2.45, 2.75) is 91.1 Å². The van der Waals surface area contributed by atoms with Crippen LogP contribution >= 0.6 is 0 Å². The minimum Gasteiger partial charge on any atom is -0.458 e. The highest BCUT2D eigenvalue weighted by molar-refractivity contribution is 5.96. The first-order chi connectivity index (χ1) is 17.2. The number of Topliss-reactive ketones (excluding diaryl/α,β-unsaturated/α-hetero) is 1. The molecule has 4 rings (SSSR count). The molecule has 2 bridgehead atoms. The molecule has 0 radical (unpaired) electrons. The quantitative estimate of drug-likeness (QED) is 0.279. The zero-order valence-corrected chi connectivity index (χ0v) is 22.8. The third kappa shape index (κ3) is 3.41. The fraction of sp³-hybridized carbons (Fsp3) is 0.690. The summed E-state index contributed by atoms with van der Waals surface area (Å²) >= 11 is 0. The van der Waals surface area contributed by atoms with Crippen LogP contribution in [0, 0.1) is 28.6 Å². The van der Waals surface area contributed by atoms with Crippen LogP contribution in [0.15, 0.2) is 34.9 Å². The smallest absolute Gasteiger partial charge is 0.334 e. The lowest BCUT2D eigenvalue weighted by Crippen LogP contribution is -2.66. The minimum absolute atomic E-state index is 0.0835. The van der Waals surface area contributed by atoms with Crippen molar-refractivity contribution in [2.24, 2.45) is 28.6 Å². The first kappa shape index (κ1) is 27.7. The van der Waals surface area contributed by atoms with Gasteiger partial charge in [-0.15, -0.1) is 0 Å². The van der Waals surface area contributed by atoms with Crippen molar-refractivity contribution < 1.29 is 39.2 Å². The zero-order chi connectivity index (χ0) is 27.7. The number of fused-ring (bicyclic) bond motifs is 3. The Morgan fingerprint density at radius 1 is 1.27 bits per heavy atom. The van der Waals surface area contributed by atoms with E-state index in [0.29, 0.717) is 17.6 Å². The molecule has 8 nitrogen and oxygen atoms in total. The zero-order valence-electron chi connectivity index (χ0n) is 22.8. The Morgan fingerprint density at radius 2 is 1.92 bits per heavy atom. The molecule has 0 aromatic rings. The first-order valence-electron chi connectivity index (χ1n) is 13.2.